The minimum absolute atomic E-state index is 0.102. The molecule has 3 aromatic heterocycles. The molecular formula is C12H7BrN2O4S. The number of rotatable bonds is 4. The zero-order valence-corrected chi connectivity index (χ0v) is 12.3. The van der Waals surface area contributed by atoms with Crippen LogP contribution in [0.25, 0.3) is 10.7 Å². The highest BCUT2D eigenvalue weighted by Crippen LogP contribution is 2.21. The minimum Gasteiger partial charge on any atom is -0.450 e. The van der Waals surface area contributed by atoms with Crippen LogP contribution >= 0.6 is 27.3 Å². The van der Waals surface area contributed by atoms with Crippen LogP contribution in [0.15, 0.2) is 43.3 Å². The van der Waals surface area contributed by atoms with Gasteiger partial charge in [0.15, 0.2) is 11.3 Å². The predicted octanol–water partition coefficient (Wildman–Crippen LogP) is 3.51. The monoisotopic (exact) mass is 354 g/mol. The topological polar surface area (TPSA) is 78.4 Å². The molecule has 3 heterocycles. The van der Waals surface area contributed by atoms with Gasteiger partial charge in [0.05, 0.1) is 4.88 Å². The number of thiophene rings is 1. The van der Waals surface area contributed by atoms with E-state index in [0.717, 1.165) is 4.88 Å². The van der Waals surface area contributed by atoms with Gasteiger partial charge >= 0.3 is 5.97 Å². The average molecular weight is 355 g/mol. The molecule has 0 aromatic carbocycles. The van der Waals surface area contributed by atoms with E-state index in [4.69, 9.17) is 13.7 Å². The zero-order valence-electron chi connectivity index (χ0n) is 9.91. The van der Waals surface area contributed by atoms with E-state index in [1.54, 1.807) is 6.07 Å². The number of furan rings is 1. The van der Waals surface area contributed by atoms with Crippen LogP contribution in [0, 0.1) is 0 Å². The van der Waals surface area contributed by atoms with E-state index in [9.17, 15) is 4.79 Å². The van der Waals surface area contributed by atoms with E-state index in [1.165, 1.54) is 17.4 Å². The van der Waals surface area contributed by atoms with Gasteiger partial charge in [-0.2, -0.15) is 4.98 Å². The average Bonchev–Trinajstić information content (AvgIpc) is 3.16. The number of aromatic nitrogens is 2. The van der Waals surface area contributed by atoms with Gasteiger partial charge in [0.25, 0.3) is 5.89 Å². The Balaban J connectivity index is 1.63. The standard InChI is InChI=1S/C12H7BrN2O4S/c13-9-4-3-7(18-9)12(16)17-6-10-14-11(15-19-10)8-2-1-5-20-8/h1-5H,6H2. The van der Waals surface area contributed by atoms with Gasteiger partial charge in [-0.05, 0) is 39.5 Å². The van der Waals surface area contributed by atoms with E-state index in [2.05, 4.69) is 26.1 Å². The molecule has 0 N–H and O–H groups in total. The maximum Gasteiger partial charge on any atom is 0.374 e. The maximum absolute atomic E-state index is 11.6. The third-order valence-corrected chi connectivity index (χ3v) is 3.60. The van der Waals surface area contributed by atoms with E-state index >= 15 is 0 Å². The second-order valence-electron chi connectivity index (χ2n) is 3.67. The summed E-state index contributed by atoms with van der Waals surface area (Å²) in [5, 5.41) is 5.73. The molecule has 0 amide bonds. The summed E-state index contributed by atoms with van der Waals surface area (Å²) in [5.74, 6) is 0.223. The number of hydrogen-bond acceptors (Lipinski definition) is 7. The molecule has 0 spiro atoms. The number of halogens is 1. The summed E-state index contributed by atoms with van der Waals surface area (Å²) in [7, 11) is 0. The molecule has 102 valence electrons. The first-order chi connectivity index (χ1) is 9.72. The molecule has 20 heavy (non-hydrogen) atoms. The van der Waals surface area contributed by atoms with E-state index < -0.39 is 5.97 Å². The zero-order chi connectivity index (χ0) is 13.9. The van der Waals surface area contributed by atoms with Gasteiger partial charge in [0, 0.05) is 0 Å². The number of esters is 1. The Hall–Kier alpha value is -1.93. The number of carbonyl (C=O) groups excluding carboxylic acids is 1. The molecular weight excluding hydrogens is 348 g/mol. The summed E-state index contributed by atoms with van der Waals surface area (Å²) in [4.78, 5) is 16.7. The second-order valence-corrected chi connectivity index (χ2v) is 5.40. The summed E-state index contributed by atoms with van der Waals surface area (Å²) in [6.45, 7) is -0.102. The van der Waals surface area contributed by atoms with Gasteiger partial charge < -0.3 is 13.7 Å². The van der Waals surface area contributed by atoms with Crippen LogP contribution in [0.2, 0.25) is 0 Å². The lowest BCUT2D eigenvalue weighted by atomic mass is 10.4. The van der Waals surface area contributed by atoms with Gasteiger partial charge in [0.1, 0.15) is 0 Å². The van der Waals surface area contributed by atoms with Crippen molar-refractivity contribution in [1.82, 2.24) is 10.1 Å². The lowest BCUT2D eigenvalue weighted by Crippen LogP contribution is -2.04. The molecule has 6 nitrogen and oxygen atoms in total. The molecule has 0 unspecified atom stereocenters. The molecule has 3 aromatic rings. The number of hydrogen-bond donors (Lipinski definition) is 0. The summed E-state index contributed by atoms with van der Waals surface area (Å²) >= 11 is 4.61. The lowest BCUT2D eigenvalue weighted by Gasteiger charge is -1.97. The minimum atomic E-state index is -0.591. The normalized spacial score (nSPS) is 10.7. The molecule has 0 bridgehead atoms. The predicted molar refractivity (Wildman–Crippen MR) is 73.1 cm³/mol. The first-order valence-corrected chi connectivity index (χ1v) is 7.18. The largest absolute Gasteiger partial charge is 0.450 e. The molecule has 0 radical (unpaired) electrons. The quantitative estimate of drug-likeness (QED) is 0.667. The Morgan fingerprint density at radius 2 is 2.30 bits per heavy atom. The van der Waals surface area contributed by atoms with Crippen LogP contribution in [-0.2, 0) is 11.3 Å². The molecule has 0 fully saturated rings. The third kappa shape index (κ3) is 2.81. The third-order valence-electron chi connectivity index (χ3n) is 2.31. The smallest absolute Gasteiger partial charge is 0.374 e. The van der Waals surface area contributed by atoms with Crippen molar-refractivity contribution in [3.05, 3.63) is 46.0 Å². The Morgan fingerprint density at radius 3 is 3.00 bits per heavy atom. The number of nitrogens with zero attached hydrogens (tertiary/aromatic N) is 2. The lowest BCUT2D eigenvalue weighted by molar-refractivity contribution is 0.0392. The summed E-state index contributed by atoms with van der Waals surface area (Å²) in [6.07, 6.45) is 0. The van der Waals surface area contributed by atoms with Crippen molar-refractivity contribution < 1.29 is 18.5 Å². The van der Waals surface area contributed by atoms with Crippen molar-refractivity contribution in [3.8, 4) is 10.7 Å². The Labute approximate surface area is 125 Å². The molecule has 0 aliphatic carbocycles. The molecule has 0 atom stereocenters. The molecule has 0 aliphatic heterocycles. The Morgan fingerprint density at radius 1 is 1.40 bits per heavy atom. The van der Waals surface area contributed by atoms with Crippen molar-refractivity contribution in [2.24, 2.45) is 0 Å². The molecule has 0 aliphatic rings. The number of ether oxygens (including phenoxy) is 1. The van der Waals surface area contributed by atoms with Gasteiger partial charge in [-0.25, -0.2) is 4.79 Å². The van der Waals surface area contributed by atoms with Crippen molar-refractivity contribution in [1.29, 1.82) is 0 Å². The SMILES string of the molecule is O=C(OCc1nc(-c2cccs2)no1)c1ccc(Br)o1. The van der Waals surface area contributed by atoms with Gasteiger partial charge in [-0.3, -0.25) is 0 Å². The summed E-state index contributed by atoms with van der Waals surface area (Å²) < 4.78 is 15.6. The van der Waals surface area contributed by atoms with Crippen molar-refractivity contribution >= 4 is 33.2 Å². The second kappa shape index (κ2) is 5.59. The summed E-state index contributed by atoms with van der Waals surface area (Å²) in [5.41, 5.74) is 0. The van der Waals surface area contributed by atoms with Crippen LogP contribution in [0.5, 0.6) is 0 Å². The summed E-state index contributed by atoms with van der Waals surface area (Å²) in [6, 6.07) is 6.89. The van der Waals surface area contributed by atoms with Gasteiger partial charge in [0.2, 0.25) is 11.6 Å². The van der Waals surface area contributed by atoms with Gasteiger partial charge in [-0.1, -0.05) is 11.2 Å². The van der Waals surface area contributed by atoms with E-state index in [0.29, 0.717) is 10.5 Å². The van der Waals surface area contributed by atoms with Crippen molar-refractivity contribution in [2.45, 2.75) is 6.61 Å². The molecule has 8 heteroatoms. The highest BCUT2D eigenvalue weighted by Gasteiger charge is 2.15. The fourth-order valence-corrected chi connectivity index (χ4v) is 2.40. The fraction of sp³-hybridized carbons (Fsp3) is 0.0833. The fourth-order valence-electron chi connectivity index (χ4n) is 1.44. The van der Waals surface area contributed by atoms with Gasteiger partial charge in [-0.15, -0.1) is 11.3 Å². The van der Waals surface area contributed by atoms with E-state index in [1.807, 2.05) is 17.5 Å². The van der Waals surface area contributed by atoms with Crippen LogP contribution in [-0.4, -0.2) is 16.1 Å². The highest BCUT2D eigenvalue weighted by molar-refractivity contribution is 9.10. The first-order valence-electron chi connectivity index (χ1n) is 5.51. The molecule has 3 rings (SSSR count). The Bertz CT molecular complexity index is 719. The first kappa shape index (κ1) is 13.1. The Kier molecular flexibility index (Phi) is 3.66. The molecule has 0 saturated carbocycles. The maximum atomic E-state index is 11.6. The van der Waals surface area contributed by atoms with Crippen LogP contribution in [0.4, 0.5) is 0 Å². The van der Waals surface area contributed by atoms with Crippen LogP contribution in [0.1, 0.15) is 16.4 Å². The molecule has 0 saturated heterocycles. The van der Waals surface area contributed by atoms with Crippen molar-refractivity contribution in [2.75, 3.05) is 0 Å². The number of carbonyl (C=O) groups is 1. The van der Waals surface area contributed by atoms with Crippen LogP contribution < -0.4 is 0 Å². The van der Waals surface area contributed by atoms with Crippen LogP contribution in [0.3, 0.4) is 0 Å². The van der Waals surface area contributed by atoms with Crippen molar-refractivity contribution in [3.63, 3.8) is 0 Å². The highest BCUT2D eigenvalue weighted by atomic mass is 79.9. The van der Waals surface area contributed by atoms with E-state index in [-0.39, 0.29) is 18.3 Å².